The summed E-state index contributed by atoms with van der Waals surface area (Å²) in [6.07, 6.45) is 3.84. The molecule has 2 N–H and O–H groups in total. The number of hydrogen-bond acceptors (Lipinski definition) is 3. The maximum absolute atomic E-state index is 5.92. The molecule has 1 heterocycles. The molecule has 3 heteroatoms. The molecular weight excluding hydrogens is 186 g/mol. The van der Waals surface area contributed by atoms with Crippen LogP contribution in [0.25, 0.3) is 0 Å². The molecule has 3 nitrogen and oxygen atoms in total. The Hall–Kier alpha value is -1.12. The van der Waals surface area contributed by atoms with Crippen LogP contribution in [0, 0.1) is 6.92 Å². The monoisotopic (exact) mass is 205 g/mol. The van der Waals surface area contributed by atoms with E-state index in [1.807, 2.05) is 6.92 Å². The summed E-state index contributed by atoms with van der Waals surface area (Å²) in [6.45, 7) is 6.25. The van der Waals surface area contributed by atoms with Gasteiger partial charge in [-0.15, -0.1) is 0 Å². The van der Waals surface area contributed by atoms with E-state index in [9.17, 15) is 0 Å². The van der Waals surface area contributed by atoms with Crippen molar-refractivity contribution in [3.05, 3.63) is 17.1 Å². The highest BCUT2D eigenvalue weighted by molar-refractivity contribution is 5.43. The lowest BCUT2D eigenvalue weighted by molar-refractivity contribution is 0.407. The first-order chi connectivity index (χ1) is 7.09. The predicted octanol–water partition coefficient (Wildman–Crippen LogP) is 2.76. The highest BCUT2D eigenvalue weighted by Gasteiger charge is 2.24. The van der Waals surface area contributed by atoms with Gasteiger partial charge in [-0.2, -0.15) is 0 Å². The van der Waals surface area contributed by atoms with E-state index in [0.717, 1.165) is 11.4 Å². The molecule has 0 saturated heterocycles. The van der Waals surface area contributed by atoms with Crippen molar-refractivity contribution in [2.75, 3.05) is 5.73 Å². The Morgan fingerprint density at radius 1 is 1.27 bits per heavy atom. The Balaban J connectivity index is 2.42. The molecule has 0 unspecified atom stereocenters. The number of nitrogens with zero attached hydrogens (tertiary/aromatic N) is 2. The average Bonchev–Trinajstić information content (AvgIpc) is 2.09. The molecule has 1 saturated carbocycles. The smallest absolute Gasteiger partial charge is 0.133 e. The molecule has 0 aromatic carbocycles. The molecule has 82 valence electrons. The summed E-state index contributed by atoms with van der Waals surface area (Å²) >= 11 is 0. The number of rotatable bonds is 2. The van der Waals surface area contributed by atoms with Crippen molar-refractivity contribution in [1.82, 2.24) is 9.97 Å². The standard InChI is InChI=1S/C12H19N3/c1-7(2)12-14-10(9-5-4-6-9)8(3)11(13)15-12/h7,9H,4-6H2,1-3H3,(H2,13,14,15). The van der Waals surface area contributed by atoms with Crippen molar-refractivity contribution in [2.24, 2.45) is 0 Å². The minimum Gasteiger partial charge on any atom is -0.383 e. The third-order valence-corrected chi connectivity index (χ3v) is 3.25. The summed E-state index contributed by atoms with van der Waals surface area (Å²) in [7, 11) is 0. The lowest BCUT2D eigenvalue weighted by Gasteiger charge is -2.27. The predicted molar refractivity (Wildman–Crippen MR) is 61.9 cm³/mol. The summed E-state index contributed by atoms with van der Waals surface area (Å²) in [6, 6.07) is 0. The quantitative estimate of drug-likeness (QED) is 0.807. The topological polar surface area (TPSA) is 51.8 Å². The lowest BCUT2D eigenvalue weighted by atomic mass is 9.81. The molecule has 0 amide bonds. The molecule has 1 aliphatic rings. The van der Waals surface area contributed by atoms with Crippen LogP contribution in [0.2, 0.25) is 0 Å². The van der Waals surface area contributed by atoms with Gasteiger partial charge in [-0.1, -0.05) is 20.3 Å². The van der Waals surface area contributed by atoms with Crippen LogP contribution >= 0.6 is 0 Å². The van der Waals surface area contributed by atoms with E-state index in [1.165, 1.54) is 25.0 Å². The van der Waals surface area contributed by atoms with E-state index in [0.29, 0.717) is 17.7 Å². The van der Waals surface area contributed by atoms with Gasteiger partial charge < -0.3 is 5.73 Å². The molecule has 1 aromatic rings. The van der Waals surface area contributed by atoms with Crippen LogP contribution in [0.15, 0.2) is 0 Å². The highest BCUT2D eigenvalue weighted by atomic mass is 15.0. The van der Waals surface area contributed by atoms with E-state index < -0.39 is 0 Å². The third-order valence-electron chi connectivity index (χ3n) is 3.25. The first-order valence-corrected chi connectivity index (χ1v) is 5.73. The number of nitrogens with two attached hydrogens (primary N) is 1. The Morgan fingerprint density at radius 2 is 1.93 bits per heavy atom. The van der Waals surface area contributed by atoms with Crippen molar-refractivity contribution >= 4 is 5.82 Å². The number of anilines is 1. The second-order valence-corrected chi connectivity index (χ2v) is 4.76. The highest BCUT2D eigenvalue weighted by Crippen LogP contribution is 2.38. The molecule has 0 atom stereocenters. The van der Waals surface area contributed by atoms with Gasteiger partial charge in [0.1, 0.15) is 11.6 Å². The fourth-order valence-corrected chi connectivity index (χ4v) is 1.91. The maximum Gasteiger partial charge on any atom is 0.133 e. The molecule has 1 aliphatic carbocycles. The first-order valence-electron chi connectivity index (χ1n) is 5.73. The summed E-state index contributed by atoms with van der Waals surface area (Å²) in [5.41, 5.74) is 8.20. The third kappa shape index (κ3) is 1.83. The van der Waals surface area contributed by atoms with Gasteiger partial charge in [-0.25, -0.2) is 9.97 Å². The van der Waals surface area contributed by atoms with E-state index in [-0.39, 0.29) is 0 Å². The maximum atomic E-state index is 5.92. The van der Waals surface area contributed by atoms with Crippen molar-refractivity contribution in [3.8, 4) is 0 Å². The van der Waals surface area contributed by atoms with Crippen LogP contribution in [0.3, 0.4) is 0 Å². The van der Waals surface area contributed by atoms with Crippen molar-refractivity contribution in [3.63, 3.8) is 0 Å². The summed E-state index contributed by atoms with van der Waals surface area (Å²) < 4.78 is 0. The number of aromatic nitrogens is 2. The van der Waals surface area contributed by atoms with Crippen LogP contribution in [-0.2, 0) is 0 Å². The normalized spacial score (nSPS) is 16.8. The Bertz CT molecular complexity index is 367. The molecule has 0 aliphatic heterocycles. The summed E-state index contributed by atoms with van der Waals surface area (Å²) in [5.74, 6) is 2.54. The second kappa shape index (κ2) is 3.80. The Morgan fingerprint density at radius 3 is 2.40 bits per heavy atom. The van der Waals surface area contributed by atoms with Gasteiger partial charge in [0.15, 0.2) is 0 Å². The van der Waals surface area contributed by atoms with Gasteiger partial charge in [0.05, 0.1) is 5.69 Å². The van der Waals surface area contributed by atoms with Gasteiger partial charge in [0, 0.05) is 17.4 Å². The van der Waals surface area contributed by atoms with Crippen LogP contribution in [0.4, 0.5) is 5.82 Å². The molecule has 2 rings (SSSR count). The fraction of sp³-hybridized carbons (Fsp3) is 0.667. The molecule has 1 fully saturated rings. The molecule has 0 spiro atoms. The van der Waals surface area contributed by atoms with E-state index in [2.05, 4.69) is 23.8 Å². The van der Waals surface area contributed by atoms with E-state index >= 15 is 0 Å². The largest absolute Gasteiger partial charge is 0.383 e. The zero-order chi connectivity index (χ0) is 11.0. The van der Waals surface area contributed by atoms with Crippen molar-refractivity contribution in [2.45, 2.75) is 51.9 Å². The van der Waals surface area contributed by atoms with Crippen LogP contribution < -0.4 is 5.73 Å². The molecular formula is C12H19N3. The molecule has 15 heavy (non-hydrogen) atoms. The van der Waals surface area contributed by atoms with Gasteiger partial charge in [0.25, 0.3) is 0 Å². The van der Waals surface area contributed by atoms with Gasteiger partial charge in [-0.3, -0.25) is 0 Å². The second-order valence-electron chi connectivity index (χ2n) is 4.76. The summed E-state index contributed by atoms with van der Waals surface area (Å²) in [4.78, 5) is 9.00. The minimum atomic E-state index is 0.353. The van der Waals surface area contributed by atoms with E-state index in [1.54, 1.807) is 0 Å². The molecule has 0 bridgehead atoms. The van der Waals surface area contributed by atoms with Crippen LogP contribution in [0.1, 0.15) is 62.0 Å². The van der Waals surface area contributed by atoms with Gasteiger partial charge >= 0.3 is 0 Å². The van der Waals surface area contributed by atoms with Crippen molar-refractivity contribution < 1.29 is 0 Å². The summed E-state index contributed by atoms with van der Waals surface area (Å²) in [5, 5.41) is 0. The fourth-order valence-electron chi connectivity index (χ4n) is 1.91. The zero-order valence-corrected chi connectivity index (χ0v) is 9.75. The molecule has 0 radical (unpaired) electrons. The SMILES string of the molecule is Cc1c(N)nc(C(C)C)nc1C1CCC1. The van der Waals surface area contributed by atoms with Crippen LogP contribution in [-0.4, -0.2) is 9.97 Å². The first kappa shape index (κ1) is 10.4. The Labute approximate surface area is 91.1 Å². The average molecular weight is 205 g/mol. The number of nitrogen functional groups attached to an aromatic ring is 1. The zero-order valence-electron chi connectivity index (χ0n) is 9.75. The lowest BCUT2D eigenvalue weighted by Crippen LogP contribution is -2.16. The van der Waals surface area contributed by atoms with Gasteiger partial charge in [-0.05, 0) is 19.8 Å². The minimum absolute atomic E-state index is 0.353. The number of hydrogen-bond donors (Lipinski definition) is 1. The molecule has 1 aromatic heterocycles. The van der Waals surface area contributed by atoms with Crippen LogP contribution in [0.5, 0.6) is 0 Å². The van der Waals surface area contributed by atoms with E-state index in [4.69, 9.17) is 5.73 Å². The van der Waals surface area contributed by atoms with Crippen molar-refractivity contribution in [1.29, 1.82) is 0 Å². The Kier molecular flexibility index (Phi) is 2.63. The van der Waals surface area contributed by atoms with Gasteiger partial charge in [0.2, 0.25) is 0 Å².